The highest BCUT2D eigenvalue weighted by atomic mass is 79.9. The van der Waals surface area contributed by atoms with Gasteiger partial charge in [-0.05, 0) is 40.9 Å². The number of fused-ring (bicyclic) bond motifs is 1. The number of hydrogen-bond acceptors (Lipinski definition) is 3. The smallest absolute Gasteiger partial charge is 0.186 e. The largest absolute Gasteiger partial charge is 0.382 e. The van der Waals surface area contributed by atoms with Crippen LogP contribution in [0.15, 0.2) is 22.8 Å². The molecule has 0 spiro atoms. The van der Waals surface area contributed by atoms with Gasteiger partial charge in [-0.15, -0.1) is 0 Å². The number of ketones is 1. The quantitative estimate of drug-likeness (QED) is 0.858. The molecule has 0 amide bonds. The zero-order valence-corrected chi connectivity index (χ0v) is 10.1. The predicted octanol–water partition coefficient (Wildman–Crippen LogP) is 2.27. The Balaban J connectivity index is 2.24. The Labute approximate surface area is 101 Å². The molecule has 2 aromatic heterocycles. The highest BCUT2D eigenvalue weighted by Crippen LogP contribution is 2.34. The Morgan fingerprint density at radius 3 is 2.94 bits per heavy atom. The van der Waals surface area contributed by atoms with Gasteiger partial charge in [0.1, 0.15) is 11.3 Å². The maximum absolute atomic E-state index is 12.1. The zero-order chi connectivity index (χ0) is 11.3. The van der Waals surface area contributed by atoms with E-state index < -0.39 is 0 Å². The van der Waals surface area contributed by atoms with E-state index in [1.807, 2.05) is 18.3 Å². The van der Waals surface area contributed by atoms with E-state index in [1.165, 1.54) is 0 Å². The Hall–Kier alpha value is -1.36. The Morgan fingerprint density at radius 2 is 2.25 bits per heavy atom. The van der Waals surface area contributed by atoms with Crippen molar-refractivity contribution in [3.63, 3.8) is 0 Å². The van der Waals surface area contributed by atoms with Crippen LogP contribution < -0.4 is 5.73 Å². The molecular formula is C11H10BrN3O. The van der Waals surface area contributed by atoms with Crippen molar-refractivity contribution in [3.8, 4) is 0 Å². The average Bonchev–Trinajstić information content (AvgIpc) is 3.01. The molecule has 0 aromatic carbocycles. The summed E-state index contributed by atoms with van der Waals surface area (Å²) in [6.45, 7) is 0. The lowest BCUT2D eigenvalue weighted by Gasteiger charge is -2.00. The van der Waals surface area contributed by atoms with Crippen LogP contribution in [0.5, 0.6) is 0 Å². The first kappa shape index (κ1) is 9.84. The number of pyridine rings is 1. The summed E-state index contributed by atoms with van der Waals surface area (Å²) in [7, 11) is 0. The third-order valence-electron chi connectivity index (χ3n) is 2.79. The number of anilines is 1. The summed E-state index contributed by atoms with van der Waals surface area (Å²) in [5.74, 6) is 0.597. The monoisotopic (exact) mass is 279 g/mol. The third kappa shape index (κ3) is 1.43. The van der Waals surface area contributed by atoms with Crippen molar-refractivity contribution in [2.24, 2.45) is 5.92 Å². The van der Waals surface area contributed by atoms with Gasteiger partial charge in [0, 0.05) is 16.6 Å². The molecule has 1 fully saturated rings. The van der Waals surface area contributed by atoms with Gasteiger partial charge in [0.05, 0.1) is 0 Å². The Bertz CT molecular complexity index is 586. The molecule has 5 heteroatoms. The lowest BCUT2D eigenvalue weighted by molar-refractivity contribution is 0.0963. The van der Waals surface area contributed by atoms with Gasteiger partial charge in [0.15, 0.2) is 11.6 Å². The van der Waals surface area contributed by atoms with E-state index in [0.29, 0.717) is 17.2 Å². The van der Waals surface area contributed by atoms with Crippen LogP contribution in [0.1, 0.15) is 23.3 Å². The minimum atomic E-state index is 0.114. The molecule has 16 heavy (non-hydrogen) atoms. The van der Waals surface area contributed by atoms with Crippen LogP contribution in [0.4, 0.5) is 5.82 Å². The number of hydrogen-bond donors (Lipinski definition) is 1. The Kier molecular flexibility index (Phi) is 2.04. The molecule has 1 aliphatic rings. The molecule has 2 heterocycles. The second-order valence-electron chi connectivity index (χ2n) is 4.06. The number of nitrogen functional groups attached to an aromatic ring is 1. The molecule has 0 aliphatic heterocycles. The summed E-state index contributed by atoms with van der Waals surface area (Å²) in [4.78, 5) is 16.2. The molecule has 0 bridgehead atoms. The topological polar surface area (TPSA) is 60.4 Å². The highest BCUT2D eigenvalue weighted by molar-refractivity contribution is 9.10. The number of nitrogens with zero attached hydrogens (tertiary/aromatic N) is 2. The summed E-state index contributed by atoms with van der Waals surface area (Å²) >= 11 is 3.38. The molecular weight excluding hydrogens is 270 g/mol. The van der Waals surface area contributed by atoms with Crippen molar-refractivity contribution in [1.82, 2.24) is 9.38 Å². The van der Waals surface area contributed by atoms with Crippen LogP contribution in [0.3, 0.4) is 0 Å². The summed E-state index contributed by atoms with van der Waals surface area (Å²) < 4.78 is 2.67. The molecule has 82 valence electrons. The minimum Gasteiger partial charge on any atom is -0.382 e. The van der Waals surface area contributed by atoms with E-state index in [9.17, 15) is 4.79 Å². The fourth-order valence-electron chi connectivity index (χ4n) is 1.82. The minimum absolute atomic E-state index is 0.114. The van der Waals surface area contributed by atoms with Crippen LogP contribution in [0.25, 0.3) is 5.65 Å². The lowest BCUT2D eigenvalue weighted by Crippen LogP contribution is -2.08. The molecule has 1 saturated carbocycles. The highest BCUT2D eigenvalue weighted by Gasteiger charge is 2.33. The second kappa shape index (κ2) is 3.31. The fourth-order valence-corrected chi connectivity index (χ4v) is 2.16. The van der Waals surface area contributed by atoms with Crippen LogP contribution in [0.2, 0.25) is 0 Å². The number of nitrogens with two attached hydrogens (primary N) is 1. The summed E-state index contributed by atoms with van der Waals surface area (Å²) in [5, 5.41) is 0. The number of imidazole rings is 1. The summed E-state index contributed by atoms with van der Waals surface area (Å²) in [6.07, 6.45) is 3.77. The van der Waals surface area contributed by atoms with E-state index >= 15 is 0 Å². The maximum atomic E-state index is 12.1. The van der Waals surface area contributed by atoms with Gasteiger partial charge in [-0.2, -0.15) is 0 Å². The molecule has 3 rings (SSSR count). The van der Waals surface area contributed by atoms with E-state index in [0.717, 1.165) is 17.3 Å². The van der Waals surface area contributed by atoms with Crippen molar-refractivity contribution < 1.29 is 4.79 Å². The van der Waals surface area contributed by atoms with Crippen molar-refractivity contribution in [1.29, 1.82) is 0 Å². The molecule has 0 radical (unpaired) electrons. The van der Waals surface area contributed by atoms with Gasteiger partial charge in [0.2, 0.25) is 0 Å². The average molecular weight is 280 g/mol. The van der Waals surface area contributed by atoms with E-state index in [1.54, 1.807) is 4.40 Å². The van der Waals surface area contributed by atoms with Gasteiger partial charge in [-0.1, -0.05) is 0 Å². The molecule has 0 unspecified atom stereocenters. The van der Waals surface area contributed by atoms with Crippen molar-refractivity contribution in [2.45, 2.75) is 12.8 Å². The first-order valence-electron chi connectivity index (χ1n) is 5.14. The van der Waals surface area contributed by atoms with Crippen LogP contribution in [-0.2, 0) is 0 Å². The predicted molar refractivity (Wildman–Crippen MR) is 64.4 cm³/mol. The molecule has 0 saturated heterocycles. The zero-order valence-electron chi connectivity index (χ0n) is 8.48. The number of carbonyl (C=O) groups is 1. The normalized spacial score (nSPS) is 15.6. The van der Waals surface area contributed by atoms with E-state index in [-0.39, 0.29) is 11.7 Å². The van der Waals surface area contributed by atoms with Crippen molar-refractivity contribution in [3.05, 3.63) is 28.5 Å². The molecule has 0 atom stereocenters. The fraction of sp³-hybridized carbons (Fsp3) is 0.273. The number of rotatable bonds is 2. The molecule has 2 aromatic rings. The van der Waals surface area contributed by atoms with Gasteiger partial charge in [-0.25, -0.2) is 4.98 Å². The molecule has 1 aliphatic carbocycles. The molecule has 2 N–H and O–H groups in total. The van der Waals surface area contributed by atoms with Crippen molar-refractivity contribution >= 4 is 33.2 Å². The van der Waals surface area contributed by atoms with Gasteiger partial charge < -0.3 is 5.73 Å². The third-order valence-corrected chi connectivity index (χ3v) is 3.26. The van der Waals surface area contributed by atoms with Crippen molar-refractivity contribution in [2.75, 3.05) is 5.73 Å². The van der Waals surface area contributed by atoms with E-state index in [4.69, 9.17) is 5.73 Å². The number of aromatic nitrogens is 2. The number of carbonyl (C=O) groups excluding carboxylic acids is 1. The number of Topliss-reactive ketones (excluding diaryl/α,β-unsaturated/α-hetero) is 1. The summed E-state index contributed by atoms with van der Waals surface area (Å²) in [5.41, 5.74) is 7.04. The first-order valence-corrected chi connectivity index (χ1v) is 5.93. The van der Waals surface area contributed by atoms with Crippen LogP contribution >= 0.6 is 15.9 Å². The first-order chi connectivity index (χ1) is 7.66. The SMILES string of the molecule is Nc1nc2ccc(Br)cn2c1C(=O)C1CC1. The standard InChI is InChI=1S/C11H10BrN3O/c12-7-3-4-8-14-11(13)9(15(8)5-7)10(16)6-1-2-6/h3-6H,1-2,13H2. The summed E-state index contributed by atoms with van der Waals surface area (Å²) in [6, 6.07) is 3.72. The van der Waals surface area contributed by atoms with Crippen LogP contribution in [-0.4, -0.2) is 15.2 Å². The lowest BCUT2D eigenvalue weighted by atomic mass is 10.2. The number of halogens is 1. The molecule has 4 nitrogen and oxygen atoms in total. The second-order valence-corrected chi connectivity index (χ2v) is 4.98. The van der Waals surface area contributed by atoms with Gasteiger partial charge in [0.25, 0.3) is 0 Å². The Morgan fingerprint density at radius 1 is 1.50 bits per heavy atom. The van der Waals surface area contributed by atoms with Crippen LogP contribution in [0, 0.1) is 5.92 Å². The maximum Gasteiger partial charge on any atom is 0.186 e. The van der Waals surface area contributed by atoms with Gasteiger partial charge in [-0.3, -0.25) is 9.20 Å². The van der Waals surface area contributed by atoms with Gasteiger partial charge >= 0.3 is 0 Å². The van der Waals surface area contributed by atoms with E-state index in [2.05, 4.69) is 20.9 Å².